The number of halogens is 3. The number of amides is 4. The molecule has 2 bridgehead atoms. The Kier molecular flexibility index (Phi) is 14.6. The number of rotatable bonds is 9. The van der Waals surface area contributed by atoms with Crippen LogP contribution in [0.2, 0.25) is 0 Å². The number of hydrogen-bond acceptors (Lipinski definition) is 9. The van der Waals surface area contributed by atoms with Crippen LogP contribution in [0.1, 0.15) is 57.1 Å². The van der Waals surface area contributed by atoms with E-state index >= 15 is 0 Å². The van der Waals surface area contributed by atoms with E-state index in [1.54, 1.807) is 0 Å². The van der Waals surface area contributed by atoms with Gasteiger partial charge in [0.1, 0.15) is 12.1 Å². The number of nitrogens with two attached hydrogens (primary N) is 4. The molecule has 3 atom stereocenters. The molecular formula is C25H40F3N13O5. The van der Waals surface area contributed by atoms with Crippen LogP contribution in [0.15, 0.2) is 16.2 Å². The number of aromatic nitrogens is 3. The number of alkyl halides is 3. The minimum absolute atomic E-state index is 0.0198. The van der Waals surface area contributed by atoms with E-state index in [2.05, 4.69) is 41.6 Å². The Bertz CT molecular complexity index is 1280. The van der Waals surface area contributed by atoms with Crippen molar-refractivity contribution in [1.82, 2.24) is 36.3 Å². The zero-order valence-electron chi connectivity index (χ0n) is 25.0. The highest BCUT2D eigenvalue weighted by molar-refractivity contribution is 5.96. The summed E-state index contributed by atoms with van der Waals surface area (Å²) in [6.07, 6.45) is -3.88. The molecule has 18 nitrogen and oxygen atoms in total. The molecule has 0 saturated carbocycles. The van der Waals surface area contributed by atoms with Gasteiger partial charge in [0.15, 0.2) is 11.9 Å². The molecule has 1 aromatic heterocycles. The van der Waals surface area contributed by atoms with Crippen LogP contribution in [-0.2, 0) is 25.6 Å². The second kappa shape index (κ2) is 18.1. The zero-order chi connectivity index (χ0) is 34.3. The van der Waals surface area contributed by atoms with Crippen molar-refractivity contribution in [3.8, 4) is 0 Å². The fourth-order valence-electron chi connectivity index (χ4n) is 4.31. The largest absolute Gasteiger partial charge is 0.452 e. The van der Waals surface area contributed by atoms with Gasteiger partial charge in [-0.3, -0.25) is 29.2 Å². The van der Waals surface area contributed by atoms with Crippen molar-refractivity contribution < 1.29 is 37.1 Å². The zero-order valence-corrected chi connectivity index (χ0v) is 25.0. The molecule has 0 aromatic carbocycles. The second-order valence-electron chi connectivity index (χ2n) is 10.4. The van der Waals surface area contributed by atoms with Crippen molar-refractivity contribution in [3.63, 3.8) is 0 Å². The normalized spacial score (nSPS) is 20.7. The molecule has 2 rings (SSSR count). The molecule has 2 heterocycles. The molecule has 0 fully saturated rings. The highest BCUT2D eigenvalue weighted by Crippen LogP contribution is 2.20. The molecule has 21 heteroatoms. The SMILES string of the molecule is NC(N)=NCCC[C@@H]1NC(=O)[C@H](CCCN=C(N)N)NC(=O)n2cc(nn2)CCC(=O)NCCCC[C@@H](C(=O)C(F)(F)F)NC1=O. The van der Waals surface area contributed by atoms with E-state index < -0.39 is 47.9 Å². The van der Waals surface area contributed by atoms with E-state index in [0.717, 1.165) is 4.68 Å². The Hall–Kier alpha value is -4.98. The summed E-state index contributed by atoms with van der Waals surface area (Å²) in [5, 5.41) is 17.3. The van der Waals surface area contributed by atoms with Crippen LogP contribution in [0, 0.1) is 0 Å². The molecule has 256 valence electrons. The number of hydrogen-bond donors (Lipinski definition) is 8. The molecule has 0 unspecified atom stereocenters. The number of aryl methyl sites for hydroxylation is 1. The second-order valence-corrected chi connectivity index (χ2v) is 10.4. The minimum Gasteiger partial charge on any atom is -0.370 e. The van der Waals surface area contributed by atoms with E-state index in [4.69, 9.17) is 22.9 Å². The van der Waals surface area contributed by atoms with Gasteiger partial charge in [-0.05, 0) is 44.9 Å². The summed E-state index contributed by atoms with van der Waals surface area (Å²) in [5.74, 6) is -4.94. The van der Waals surface area contributed by atoms with Gasteiger partial charge >= 0.3 is 12.2 Å². The maximum absolute atomic E-state index is 13.4. The maximum atomic E-state index is 13.4. The van der Waals surface area contributed by atoms with Gasteiger partial charge in [0.2, 0.25) is 17.7 Å². The first-order valence-electron chi connectivity index (χ1n) is 14.5. The number of nitrogens with zero attached hydrogens (tertiary/aromatic N) is 5. The third-order valence-electron chi connectivity index (χ3n) is 6.65. The Morgan fingerprint density at radius 1 is 0.891 bits per heavy atom. The summed E-state index contributed by atoms with van der Waals surface area (Å²) in [6.45, 7) is 0.204. The summed E-state index contributed by atoms with van der Waals surface area (Å²) < 4.78 is 41.1. The Labute approximate surface area is 261 Å². The average Bonchev–Trinajstić information content (AvgIpc) is 3.46. The summed E-state index contributed by atoms with van der Waals surface area (Å²) in [7, 11) is 0. The lowest BCUT2D eigenvalue weighted by Gasteiger charge is -2.25. The molecule has 46 heavy (non-hydrogen) atoms. The molecule has 1 aromatic rings. The number of aliphatic imine (C=N–C) groups is 2. The molecule has 0 spiro atoms. The van der Waals surface area contributed by atoms with Crippen LogP contribution in [0.25, 0.3) is 0 Å². The van der Waals surface area contributed by atoms with Crippen molar-refractivity contribution >= 4 is 41.5 Å². The summed E-state index contributed by atoms with van der Waals surface area (Å²) in [4.78, 5) is 71.8. The fourth-order valence-corrected chi connectivity index (χ4v) is 4.31. The Balaban J connectivity index is 2.40. The lowest BCUT2D eigenvalue weighted by molar-refractivity contribution is -0.174. The van der Waals surface area contributed by atoms with Crippen LogP contribution in [-0.4, -0.2) is 100 Å². The first-order valence-corrected chi connectivity index (χ1v) is 14.5. The number of fused-ring (bicyclic) bond motifs is 2. The van der Waals surface area contributed by atoms with Gasteiger partial charge in [0.05, 0.1) is 17.9 Å². The van der Waals surface area contributed by atoms with Gasteiger partial charge < -0.3 is 44.2 Å². The number of ketones is 1. The van der Waals surface area contributed by atoms with E-state index in [9.17, 15) is 37.1 Å². The third-order valence-corrected chi connectivity index (χ3v) is 6.65. The standard InChI is InChI=1S/C25H40F3N13O5/c26-25(27,28)19(43)15-5-1-2-10-33-18(42)9-8-14-13-41(40-39-14)24(46)38-17(7-4-12-35-23(31)32)21(45)37-16(20(44)36-15)6-3-11-34-22(29)30/h13,15-17H,1-12H2,(H,33,42)(H,36,44)(H,37,45)(H,38,46)(H4,29,30,34)(H4,31,32,35)/t15-,16-,17-/m0/s1. The fraction of sp³-hybridized carbons (Fsp3) is 0.640. The molecule has 1 aliphatic heterocycles. The van der Waals surface area contributed by atoms with Crippen LogP contribution >= 0.6 is 0 Å². The van der Waals surface area contributed by atoms with E-state index in [1.165, 1.54) is 6.20 Å². The molecule has 0 aliphatic carbocycles. The first-order chi connectivity index (χ1) is 21.7. The highest BCUT2D eigenvalue weighted by atomic mass is 19.4. The van der Waals surface area contributed by atoms with Gasteiger partial charge in [0.25, 0.3) is 5.78 Å². The monoisotopic (exact) mass is 659 g/mol. The molecular weight excluding hydrogens is 619 g/mol. The van der Waals surface area contributed by atoms with Crippen molar-refractivity contribution in [2.24, 2.45) is 32.9 Å². The predicted octanol–water partition coefficient (Wildman–Crippen LogP) is -2.35. The lowest BCUT2D eigenvalue weighted by atomic mass is 10.0. The van der Waals surface area contributed by atoms with E-state index in [0.29, 0.717) is 5.69 Å². The van der Waals surface area contributed by atoms with Crippen molar-refractivity contribution in [3.05, 3.63) is 11.9 Å². The number of nitrogens with one attached hydrogen (secondary N) is 4. The van der Waals surface area contributed by atoms with Gasteiger partial charge in [0, 0.05) is 32.5 Å². The van der Waals surface area contributed by atoms with Gasteiger partial charge in [-0.1, -0.05) is 5.21 Å². The van der Waals surface area contributed by atoms with Crippen molar-refractivity contribution in [2.45, 2.75) is 82.1 Å². The summed E-state index contributed by atoms with van der Waals surface area (Å²) in [6, 6.07) is -5.58. The lowest BCUT2D eigenvalue weighted by Crippen LogP contribution is -2.57. The highest BCUT2D eigenvalue weighted by Gasteiger charge is 2.44. The third kappa shape index (κ3) is 13.3. The molecule has 0 radical (unpaired) electrons. The number of carbonyl (C=O) groups excluding carboxylic acids is 5. The van der Waals surface area contributed by atoms with Crippen LogP contribution < -0.4 is 44.2 Å². The van der Waals surface area contributed by atoms with Crippen LogP contribution in [0.3, 0.4) is 0 Å². The summed E-state index contributed by atoms with van der Waals surface area (Å²) in [5.41, 5.74) is 21.6. The number of Topliss-reactive ketones (excluding diaryl/α,β-unsaturated/α-hetero) is 1. The van der Waals surface area contributed by atoms with Gasteiger partial charge in [-0.15, -0.1) is 5.10 Å². The van der Waals surface area contributed by atoms with Crippen LogP contribution in [0.4, 0.5) is 18.0 Å². The molecule has 4 amide bonds. The van der Waals surface area contributed by atoms with Gasteiger partial charge in [-0.25, -0.2) is 4.79 Å². The van der Waals surface area contributed by atoms with Crippen LogP contribution in [0.5, 0.6) is 0 Å². The van der Waals surface area contributed by atoms with Gasteiger partial charge in [-0.2, -0.15) is 17.9 Å². The topological polar surface area (TPSA) is 293 Å². The van der Waals surface area contributed by atoms with Crippen molar-refractivity contribution in [1.29, 1.82) is 0 Å². The number of guanidine groups is 2. The van der Waals surface area contributed by atoms with Crippen molar-refractivity contribution in [2.75, 3.05) is 19.6 Å². The smallest absolute Gasteiger partial charge is 0.370 e. The predicted molar refractivity (Wildman–Crippen MR) is 158 cm³/mol. The first kappa shape index (κ1) is 37.2. The molecule has 0 saturated heterocycles. The van der Waals surface area contributed by atoms with E-state index in [1.807, 2.05) is 0 Å². The molecule has 12 N–H and O–H groups in total. The Morgan fingerprint density at radius 2 is 1.48 bits per heavy atom. The minimum atomic E-state index is -5.25. The van der Waals surface area contributed by atoms with E-state index in [-0.39, 0.29) is 95.2 Å². The average molecular weight is 660 g/mol. The molecule has 1 aliphatic rings. The number of carbonyl (C=O) groups is 5. The quantitative estimate of drug-likeness (QED) is 0.0788. The maximum Gasteiger partial charge on any atom is 0.452 e. The Morgan fingerprint density at radius 3 is 2.07 bits per heavy atom. The summed E-state index contributed by atoms with van der Waals surface area (Å²) >= 11 is 0.